The fourth-order valence-corrected chi connectivity index (χ4v) is 1.36. The molecule has 0 N–H and O–H groups in total. The van der Waals surface area contributed by atoms with Crippen LogP contribution in [0.5, 0.6) is 0 Å². The number of halogens is 2. The fraction of sp³-hybridized carbons (Fsp3) is 0.125. The minimum Gasteiger partial charge on any atom is -0.243 e. The molecule has 64 valence electrons. The van der Waals surface area contributed by atoms with Crippen LogP contribution < -0.4 is 0 Å². The van der Waals surface area contributed by atoms with E-state index in [1.807, 2.05) is 12.2 Å². The smallest absolute Gasteiger partial charge is 0.129 e. The predicted molar refractivity (Wildman–Crippen MR) is 59.8 cm³/mol. The first-order valence-electron chi connectivity index (χ1n) is 3.32. The number of hydrogen-bond donors (Lipinski definition) is 1. The quantitative estimate of drug-likeness (QED) is 0.638. The van der Waals surface area contributed by atoms with Gasteiger partial charge >= 0.3 is 0 Å². The van der Waals surface area contributed by atoms with Crippen molar-refractivity contribution in [3.63, 3.8) is 0 Å². The summed E-state index contributed by atoms with van der Waals surface area (Å²) < 4.78 is 0.935. The Morgan fingerprint density at radius 2 is 2.42 bits per heavy atom. The molecule has 1 rings (SSSR count). The Hall–Kier alpha value is 0.01000. The number of pyridine rings is 1. The lowest BCUT2D eigenvalue weighted by atomic mass is 10.2. The Kier molecular flexibility index (Phi) is 4.12. The van der Waals surface area contributed by atoms with Gasteiger partial charge in [0.1, 0.15) is 5.15 Å². The van der Waals surface area contributed by atoms with E-state index in [1.54, 1.807) is 12.3 Å². The molecule has 0 atom stereocenters. The molecule has 0 aliphatic rings. The zero-order valence-corrected chi connectivity index (χ0v) is 9.40. The summed E-state index contributed by atoms with van der Waals surface area (Å²) >= 11 is 13.1. The van der Waals surface area contributed by atoms with Crippen molar-refractivity contribution in [2.24, 2.45) is 0 Å². The summed E-state index contributed by atoms with van der Waals surface area (Å²) in [6.45, 7) is 0. The molecule has 0 aromatic carbocycles. The molecule has 4 heteroatoms. The van der Waals surface area contributed by atoms with Crippen LogP contribution in [0.3, 0.4) is 0 Å². The van der Waals surface area contributed by atoms with Gasteiger partial charge in [-0.3, -0.25) is 0 Å². The molecular formula is C8H7BrClNS. The zero-order chi connectivity index (χ0) is 8.97. The highest BCUT2D eigenvalue weighted by molar-refractivity contribution is 9.10. The van der Waals surface area contributed by atoms with Crippen LogP contribution in [0.25, 0.3) is 6.08 Å². The van der Waals surface area contributed by atoms with Gasteiger partial charge in [-0.25, -0.2) is 4.98 Å². The van der Waals surface area contributed by atoms with Gasteiger partial charge in [0.2, 0.25) is 0 Å². The van der Waals surface area contributed by atoms with Gasteiger partial charge in [-0.1, -0.05) is 23.8 Å². The Labute approximate surface area is 90.4 Å². The van der Waals surface area contributed by atoms with Gasteiger partial charge in [0.25, 0.3) is 0 Å². The standard InChI is InChI=1S/C8H7BrClNS/c9-7-5-11-8(10)4-6(7)2-1-3-12/h1-2,4-5,12H,3H2. The average molecular weight is 265 g/mol. The first-order valence-corrected chi connectivity index (χ1v) is 5.13. The Balaban J connectivity index is 2.97. The van der Waals surface area contributed by atoms with Gasteiger partial charge in [-0.2, -0.15) is 12.6 Å². The molecule has 12 heavy (non-hydrogen) atoms. The van der Waals surface area contributed by atoms with E-state index < -0.39 is 0 Å². The first-order chi connectivity index (χ1) is 5.74. The molecule has 1 heterocycles. The molecule has 0 aliphatic carbocycles. The van der Waals surface area contributed by atoms with Crippen LogP contribution in [0.2, 0.25) is 5.15 Å². The first kappa shape index (κ1) is 10.1. The molecule has 0 amide bonds. The number of rotatable bonds is 2. The van der Waals surface area contributed by atoms with E-state index >= 15 is 0 Å². The predicted octanol–water partition coefficient (Wildman–Crippen LogP) is 3.44. The Morgan fingerprint density at radius 1 is 1.67 bits per heavy atom. The number of hydrogen-bond acceptors (Lipinski definition) is 2. The molecule has 0 radical (unpaired) electrons. The summed E-state index contributed by atoms with van der Waals surface area (Å²) in [6.07, 6.45) is 5.57. The number of nitrogens with zero attached hydrogens (tertiary/aromatic N) is 1. The highest BCUT2D eigenvalue weighted by Gasteiger charge is 1.96. The van der Waals surface area contributed by atoms with Crippen LogP contribution >= 0.6 is 40.2 Å². The second kappa shape index (κ2) is 4.90. The van der Waals surface area contributed by atoms with E-state index in [0.29, 0.717) is 10.9 Å². The summed E-state index contributed by atoms with van der Waals surface area (Å²) in [5.74, 6) is 0.715. The van der Waals surface area contributed by atoms with Crippen LogP contribution in [0.1, 0.15) is 5.56 Å². The third-order valence-electron chi connectivity index (χ3n) is 1.25. The van der Waals surface area contributed by atoms with Crippen molar-refractivity contribution in [1.29, 1.82) is 0 Å². The van der Waals surface area contributed by atoms with E-state index in [-0.39, 0.29) is 0 Å². The van der Waals surface area contributed by atoms with Crippen molar-refractivity contribution >= 4 is 46.2 Å². The minimum atomic E-state index is 0.497. The van der Waals surface area contributed by atoms with E-state index in [9.17, 15) is 0 Å². The summed E-state index contributed by atoms with van der Waals surface area (Å²) in [6, 6.07) is 1.80. The summed E-state index contributed by atoms with van der Waals surface area (Å²) in [4.78, 5) is 3.91. The van der Waals surface area contributed by atoms with Crippen molar-refractivity contribution in [1.82, 2.24) is 4.98 Å². The van der Waals surface area contributed by atoms with Crippen LogP contribution in [0.15, 0.2) is 22.8 Å². The fourth-order valence-electron chi connectivity index (χ4n) is 0.735. The third kappa shape index (κ3) is 2.81. The molecule has 0 spiro atoms. The van der Waals surface area contributed by atoms with Crippen molar-refractivity contribution in [2.45, 2.75) is 0 Å². The largest absolute Gasteiger partial charge is 0.243 e. The van der Waals surface area contributed by atoms with E-state index in [2.05, 4.69) is 33.5 Å². The maximum atomic E-state index is 5.71. The monoisotopic (exact) mass is 263 g/mol. The van der Waals surface area contributed by atoms with Crippen molar-refractivity contribution in [2.75, 3.05) is 5.75 Å². The van der Waals surface area contributed by atoms with Crippen molar-refractivity contribution in [3.05, 3.63) is 33.5 Å². The van der Waals surface area contributed by atoms with Gasteiger partial charge in [0.05, 0.1) is 0 Å². The summed E-state index contributed by atoms with van der Waals surface area (Å²) in [5.41, 5.74) is 1.02. The maximum absolute atomic E-state index is 5.71. The second-order valence-corrected chi connectivity index (χ2v) is 3.72. The van der Waals surface area contributed by atoms with Crippen molar-refractivity contribution < 1.29 is 0 Å². The van der Waals surface area contributed by atoms with Gasteiger partial charge in [0.15, 0.2) is 0 Å². The minimum absolute atomic E-state index is 0.497. The van der Waals surface area contributed by atoms with Crippen LogP contribution in [0.4, 0.5) is 0 Å². The molecular weight excluding hydrogens is 258 g/mol. The zero-order valence-electron chi connectivity index (χ0n) is 6.17. The normalized spacial score (nSPS) is 10.9. The molecule has 0 fully saturated rings. The Bertz CT molecular complexity index is 301. The van der Waals surface area contributed by atoms with Gasteiger partial charge < -0.3 is 0 Å². The van der Waals surface area contributed by atoms with E-state index in [0.717, 1.165) is 10.0 Å². The van der Waals surface area contributed by atoms with Crippen LogP contribution in [-0.2, 0) is 0 Å². The molecule has 0 saturated heterocycles. The molecule has 1 nitrogen and oxygen atoms in total. The molecule has 1 aromatic rings. The molecule has 0 aliphatic heterocycles. The lowest BCUT2D eigenvalue weighted by molar-refractivity contribution is 1.30. The lowest BCUT2D eigenvalue weighted by Gasteiger charge is -1.97. The summed E-state index contributed by atoms with van der Waals surface area (Å²) in [5, 5.41) is 0.497. The highest BCUT2D eigenvalue weighted by atomic mass is 79.9. The van der Waals surface area contributed by atoms with Crippen LogP contribution in [0, 0.1) is 0 Å². The second-order valence-electron chi connectivity index (χ2n) is 2.11. The van der Waals surface area contributed by atoms with E-state index in [4.69, 9.17) is 11.6 Å². The lowest BCUT2D eigenvalue weighted by Crippen LogP contribution is -1.79. The SMILES string of the molecule is SCC=Cc1cc(Cl)ncc1Br. The molecule has 1 aromatic heterocycles. The third-order valence-corrected chi connectivity index (χ3v) is 2.33. The molecule has 0 bridgehead atoms. The van der Waals surface area contributed by atoms with Gasteiger partial charge in [-0.15, -0.1) is 0 Å². The Morgan fingerprint density at radius 3 is 3.08 bits per heavy atom. The van der Waals surface area contributed by atoms with Crippen LogP contribution in [-0.4, -0.2) is 10.7 Å². The number of thiol groups is 1. The van der Waals surface area contributed by atoms with Gasteiger partial charge in [-0.05, 0) is 27.6 Å². The van der Waals surface area contributed by atoms with Crippen molar-refractivity contribution in [3.8, 4) is 0 Å². The molecule has 0 saturated carbocycles. The highest BCUT2D eigenvalue weighted by Crippen LogP contribution is 2.19. The maximum Gasteiger partial charge on any atom is 0.129 e. The van der Waals surface area contributed by atoms with E-state index in [1.165, 1.54) is 0 Å². The average Bonchev–Trinajstić information content (AvgIpc) is 2.07. The summed E-state index contributed by atoms with van der Waals surface area (Å²) in [7, 11) is 0. The van der Waals surface area contributed by atoms with Gasteiger partial charge in [0, 0.05) is 16.4 Å². The topological polar surface area (TPSA) is 12.9 Å². The number of aromatic nitrogens is 1. The molecule has 0 unspecified atom stereocenters.